The molecule has 1 fully saturated rings. The van der Waals surface area contributed by atoms with E-state index in [0.29, 0.717) is 11.4 Å². The van der Waals surface area contributed by atoms with Gasteiger partial charge in [-0.15, -0.1) is 0 Å². The maximum atomic E-state index is 13.2. The third-order valence-electron chi connectivity index (χ3n) is 5.29. The molecule has 2 aliphatic heterocycles. The maximum Gasteiger partial charge on any atom is 0.278 e. The van der Waals surface area contributed by atoms with Crippen molar-refractivity contribution in [3.8, 4) is 11.4 Å². The van der Waals surface area contributed by atoms with Crippen molar-refractivity contribution < 1.29 is 23.7 Å². The fourth-order valence-electron chi connectivity index (χ4n) is 3.79. The minimum atomic E-state index is -1.05. The van der Waals surface area contributed by atoms with Crippen molar-refractivity contribution in [1.29, 1.82) is 0 Å². The fraction of sp³-hybridized carbons (Fsp3) is 0.273. The minimum Gasteiger partial charge on any atom is -0.360 e. The molecule has 2 aromatic rings. The van der Waals surface area contributed by atoms with Gasteiger partial charge in [-0.2, -0.15) is 4.98 Å². The molecule has 4 rings (SSSR count). The zero-order chi connectivity index (χ0) is 23.0. The van der Waals surface area contributed by atoms with Crippen molar-refractivity contribution in [2.24, 2.45) is 0 Å². The van der Waals surface area contributed by atoms with Gasteiger partial charge in [0.2, 0.25) is 23.5 Å². The Morgan fingerprint density at radius 1 is 1.22 bits per heavy atom. The number of piperidine rings is 1. The Morgan fingerprint density at radius 3 is 2.59 bits per heavy atom. The van der Waals surface area contributed by atoms with Gasteiger partial charge in [0.25, 0.3) is 11.8 Å². The summed E-state index contributed by atoms with van der Waals surface area (Å²) in [7, 11) is 1.61. The lowest BCUT2D eigenvalue weighted by Crippen LogP contribution is -2.55. The molecule has 164 valence electrons. The summed E-state index contributed by atoms with van der Waals surface area (Å²) in [6, 6.07) is 8.22. The highest BCUT2D eigenvalue weighted by Gasteiger charge is 2.47. The highest BCUT2D eigenvalue weighted by atomic mass is 16.5. The number of carbonyl (C=O) groups excluding carboxylic acids is 4. The molecule has 3 heterocycles. The minimum absolute atomic E-state index is 0.0469. The van der Waals surface area contributed by atoms with E-state index in [1.807, 2.05) is 30.3 Å². The van der Waals surface area contributed by atoms with Gasteiger partial charge in [-0.25, -0.2) is 0 Å². The van der Waals surface area contributed by atoms with Crippen LogP contribution in [0.25, 0.3) is 11.4 Å². The molecule has 1 N–H and O–H groups in total. The molecule has 4 amide bonds. The highest BCUT2D eigenvalue weighted by Crippen LogP contribution is 2.31. The van der Waals surface area contributed by atoms with E-state index in [-0.39, 0.29) is 36.5 Å². The molecule has 0 saturated carbocycles. The number of rotatable bonds is 6. The van der Waals surface area contributed by atoms with E-state index in [0.717, 1.165) is 10.5 Å². The summed E-state index contributed by atoms with van der Waals surface area (Å²) in [5, 5.41) is 6.15. The number of amides is 4. The quantitative estimate of drug-likeness (QED) is 0.671. The predicted molar refractivity (Wildman–Crippen MR) is 111 cm³/mol. The van der Waals surface area contributed by atoms with Gasteiger partial charge in [0.15, 0.2) is 0 Å². The Bertz CT molecular complexity index is 1170. The molecular formula is C22H21N5O5. The standard InChI is InChI=1S/C22H21N5O5/c1-12(2)17-18(22(31)27(21(17)30)14-9-10-15(28)23-20(14)29)26(3)11-16-24-19(25-32-16)13-7-5-4-6-8-13/h4-8,14H,1,9-11H2,2-3H3,(H,23,28,29). The van der Waals surface area contributed by atoms with Crippen molar-refractivity contribution in [3.05, 3.63) is 59.6 Å². The molecule has 1 aromatic heterocycles. The van der Waals surface area contributed by atoms with Crippen LogP contribution in [0.2, 0.25) is 0 Å². The van der Waals surface area contributed by atoms with Crippen molar-refractivity contribution in [3.63, 3.8) is 0 Å². The summed E-state index contributed by atoms with van der Waals surface area (Å²) in [5.41, 5.74) is 1.37. The lowest BCUT2D eigenvalue weighted by atomic mass is 10.0. The maximum absolute atomic E-state index is 13.2. The average Bonchev–Trinajstić information content (AvgIpc) is 3.31. The summed E-state index contributed by atoms with van der Waals surface area (Å²) in [5.74, 6) is -1.69. The van der Waals surface area contributed by atoms with E-state index in [1.165, 1.54) is 4.90 Å². The second-order valence-corrected chi connectivity index (χ2v) is 7.68. The van der Waals surface area contributed by atoms with E-state index >= 15 is 0 Å². The number of nitrogens with zero attached hydrogens (tertiary/aromatic N) is 4. The van der Waals surface area contributed by atoms with E-state index in [9.17, 15) is 19.2 Å². The normalized spacial score (nSPS) is 18.9. The molecule has 0 bridgehead atoms. The summed E-state index contributed by atoms with van der Waals surface area (Å²) < 4.78 is 5.32. The van der Waals surface area contributed by atoms with Crippen LogP contribution < -0.4 is 5.32 Å². The van der Waals surface area contributed by atoms with Crippen LogP contribution in [-0.4, -0.2) is 56.7 Å². The first-order chi connectivity index (χ1) is 15.3. The van der Waals surface area contributed by atoms with Crippen LogP contribution in [0.5, 0.6) is 0 Å². The van der Waals surface area contributed by atoms with Crippen LogP contribution in [0, 0.1) is 0 Å². The van der Waals surface area contributed by atoms with Gasteiger partial charge < -0.3 is 9.42 Å². The van der Waals surface area contributed by atoms with Gasteiger partial charge in [0.1, 0.15) is 11.7 Å². The number of benzene rings is 1. The number of likely N-dealkylation sites (N-methyl/N-ethyl adjacent to an activating group) is 1. The summed E-state index contributed by atoms with van der Waals surface area (Å²) in [6.07, 6.45) is 0.123. The number of hydrogen-bond acceptors (Lipinski definition) is 8. The lowest BCUT2D eigenvalue weighted by molar-refractivity contribution is -0.150. The van der Waals surface area contributed by atoms with Gasteiger partial charge in [-0.1, -0.05) is 42.1 Å². The molecule has 0 radical (unpaired) electrons. The van der Waals surface area contributed by atoms with E-state index in [4.69, 9.17) is 4.52 Å². The van der Waals surface area contributed by atoms with E-state index in [2.05, 4.69) is 22.0 Å². The largest absolute Gasteiger partial charge is 0.360 e. The molecule has 1 unspecified atom stereocenters. The second kappa shape index (κ2) is 8.22. The van der Waals surface area contributed by atoms with Crippen molar-refractivity contribution in [2.45, 2.75) is 32.4 Å². The molecule has 0 aliphatic carbocycles. The monoisotopic (exact) mass is 435 g/mol. The molecule has 10 heteroatoms. The third kappa shape index (κ3) is 3.70. The molecule has 1 aromatic carbocycles. The van der Waals surface area contributed by atoms with Gasteiger partial charge in [-0.05, 0) is 18.9 Å². The number of imide groups is 2. The van der Waals surface area contributed by atoms with Crippen LogP contribution in [0.4, 0.5) is 0 Å². The molecule has 10 nitrogen and oxygen atoms in total. The predicted octanol–water partition coefficient (Wildman–Crippen LogP) is 1.17. The Balaban J connectivity index is 1.59. The molecular weight excluding hydrogens is 414 g/mol. The highest BCUT2D eigenvalue weighted by molar-refractivity contribution is 6.23. The number of hydrogen-bond donors (Lipinski definition) is 1. The summed E-state index contributed by atoms with van der Waals surface area (Å²) in [6.45, 7) is 5.50. The SMILES string of the molecule is C=C(C)C1=C(N(C)Cc2nc(-c3ccccc3)no2)C(=O)N(C2CCC(=O)NC2=O)C1=O. The van der Waals surface area contributed by atoms with E-state index < -0.39 is 29.7 Å². The lowest BCUT2D eigenvalue weighted by Gasteiger charge is -2.29. The Hall–Kier alpha value is -4.08. The zero-order valence-corrected chi connectivity index (χ0v) is 17.6. The van der Waals surface area contributed by atoms with Crippen molar-refractivity contribution in [2.75, 3.05) is 7.05 Å². The molecule has 32 heavy (non-hydrogen) atoms. The topological polar surface area (TPSA) is 126 Å². The van der Waals surface area contributed by atoms with E-state index in [1.54, 1.807) is 14.0 Å². The first-order valence-corrected chi connectivity index (χ1v) is 9.98. The van der Waals surface area contributed by atoms with Gasteiger partial charge in [0, 0.05) is 19.0 Å². The van der Waals surface area contributed by atoms with Gasteiger partial charge in [0.05, 0.1) is 12.1 Å². The van der Waals surface area contributed by atoms with Crippen molar-refractivity contribution >= 4 is 23.6 Å². The second-order valence-electron chi connectivity index (χ2n) is 7.68. The van der Waals surface area contributed by atoms with Crippen LogP contribution in [0.1, 0.15) is 25.7 Å². The fourth-order valence-corrected chi connectivity index (χ4v) is 3.79. The van der Waals surface area contributed by atoms with Crippen LogP contribution in [0.15, 0.2) is 58.3 Å². The first kappa shape index (κ1) is 21.2. The summed E-state index contributed by atoms with van der Waals surface area (Å²) >= 11 is 0. The van der Waals surface area contributed by atoms with Gasteiger partial charge >= 0.3 is 0 Å². The molecule has 1 saturated heterocycles. The smallest absolute Gasteiger partial charge is 0.278 e. The number of carbonyl (C=O) groups is 4. The zero-order valence-electron chi connectivity index (χ0n) is 17.6. The van der Waals surface area contributed by atoms with Crippen LogP contribution in [-0.2, 0) is 25.7 Å². The first-order valence-electron chi connectivity index (χ1n) is 9.98. The third-order valence-corrected chi connectivity index (χ3v) is 5.29. The summed E-state index contributed by atoms with van der Waals surface area (Å²) in [4.78, 5) is 56.9. The molecule has 2 aliphatic rings. The number of nitrogens with one attached hydrogen (secondary N) is 1. The molecule has 1 atom stereocenters. The Morgan fingerprint density at radius 2 is 1.94 bits per heavy atom. The molecule has 0 spiro atoms. The van der Waals surface area contributed by atoms with Crippen LogP contribution >= 0.6 is 0 Å². The Kier molecular flexibility index (Phi) is 5.43. The van der Waals surface area contributed by atoms with Crippen LogP contribution in [0.3, 0.4) is 0 Å². The Labute approximate surface area is 183 Å². The van der Waals surface area contributed by atoms with Gasteiger partial charge in [-0.3, -0.25) is 29.4 Å². The average molecular weight is 435 g/mol. The van der Waals surface area contributed by atoms with Crippen molar-refractivity contribution in [1.82, 2.24) is 25.3 Å². The number of aromatic nitrogens is 2.